The summed E-state index contributed by atoms with van der Waals surface area (Å²) in [7, 11) is 0. The molecule has 0 spiro atoms. The minimum atomic E-state index is 0.743. The summed E-state index contributed by atoms with van der Waals surface area (Å²) < 4.78 is 4.41. The van der Waals surface area contributed by atoms with Gasteiger partial charge in [-0.1, -0.05) is 41.9 Å². The molecule has 0 N–H and O–H groups in total. The minimum Gasteiger partial charge on any atom is -0.337 e. The Kier molecular flexibility index (Phi) is 5.97. The third kappa shape index (κ3) is 4.52. The molecule has 0 aliphatic heterocycles. The molecule has 0 atom stereocenters. The van der Waals surface area contributed by atoms with Crippen molar-refractivity contribution < 1.29 is 0 Å². The molecule has 0 amide bonds. The summed E-state index contributed by atoms with van der Waals surface area (Å²) >= 11 is 7.93. The zero-order valence-electron chi connectivity index (χ0n) is 16.5. The van der Waals surface area contributed by atoms with Crippen molar-refractivity contribution >= 4 is 28.6 Å². The van der Waals surface area contributed by atoms with E-state index in [0.29, 0.717) is 0 Å². The van der Waals surface area contributed by atoms with Crippen molar-refractivity contribution in [3.63, 3.8) is 0 Å². The average molecular weight is 423 g/mol. The smallest absolute Gasteiger partial charge is 0.190 e. The fourth-order valence-electron chi connectivity index (χ4n) is 3.42. The lowest BCUT2D eigenvalue weighted by molar-refractivity contribution is 0.559. The average Bonchev–Trinajstić information content (AvgIpc) is 3.35. The second-order valence-corrected chi connectivity index (χ2v) is 8.34. The van der Waals surface area contributed by atoms with Crippen LogP contribution in [-0.2, 0) is 13.1 Å². The Morgan fingerprint density at radius 3 is 2.59 bits per heavy atom. The fourth-order valence-corrected chi connectivity index (χ4v) is 4.55. The minimum absolute atomic E-state index is 0.743. The van der Waals surface area contributed by atoms with E-state index < -0.39 is 0 Å². The number of rotatable bonds is 6. The van der Waals surface area contributed by atoms with Gasteiger partial charge in [-0.15, -0.1) is 11.3 Å². The van der Waals surface area contributed by atoms with Crippen molar-refractivity contribution in [2.75, 3.05) is 0 Å². The molecule has 6 heteroatoms. The van der Waals surface area contributed by atoms with Crippen LogP contribution in [0.2, 0.25) is 5.02 Å². The predicted octanol–water partition coefficient (Wildman–Crippen LogP) is 6.01. The molecule has 0 saturated carbocycles. The summed E-state index contributed by atoms with van der Waals surface area (Å²) in [6, 6.07) is 14.3. The van der Waals surface area contributed by atoms with Crippen LogP contribution in [0.4, 0.5) is 5.69 Å². The Morgan fingerprint density at radius 1 is 1.07 bits per heavy atom. The number of halogens is 1. The Morgan fingerprint density at radius 2 is 1.86 bits per heavy atom. The Labute approximate surface area is 179 Å². The van der Waals surface area contributed by atoms with E-state index >= 15 is 0 Å². The summed E-state index contributed by atoms with van der Waals surface area (Å²) in [5.41, 5.74) is 5.68. The standard InChI is InChI=1S/C23H23ClN4S/c1-17-6-3-7-18(2)22(17)26-23-28(12-5-11-27-13-10-25-16-27)21(15-29-23)19-8-4-9-20(24)14-19/h3-4,6-10,13-16H,5,11-12H2,1-2H3. The number of benzene rings is 2. The highest BCUT2D eigenvalue weighted by Gasteiger charge is 2.10. The molecule has 4 aromatic rings. The van der Waals surface area contributed by atoms with Gasteiger partial charge in [0, 0.05) is 41.4 Å². The van der Waals surface area contributed by atoms with E-state index in [1.165, 1.54) is 11.1 Å². The molecule has 0 aliphatic rings. The lowest BCUT2D eigenvalue weighted by atomic mass is 10.1. The van der Waals surface area contributed by atoms with Crippen LogP contribution in [0.3, 0.4) is 0 Å². The first-order chi connectivity index (χ1) is 14.1. The van der Waals surface area contributed by atoms with Crippen LogP contribution in [0.15, 0.2) is 71.6 Å². The summed E-state index contributed by atoms with van der Waals surface area (Å²) in [5, 5.41) is 2.92. The van der Waals surface area contributed by atoms with E-state index in [-0.39, 0.29) is 0 Å². The van der Waals surface area contributed by atoms with Gasteiger partial charge in [-0.25, -0.2) is 9.98 Å². The van der Waals surface area contributed by atoms with Gasteiger partial charge < -0.3 is 9.13 Å². The zero-order chi connectivity index (χ0) is 20.2. The second-order valence-electron chi connectivity index (χ2n) is 7.07. The highest BCUT2D eigenvalue weighted by atomic mass is 35.5. The van der Waals surface area contributed by atoms with Gasteiger partial charge in [0.25, 0.3) is 0 Å². The molecule has 148 valence electrons. The highest BCUT2D eigenvalue weighted by Crippen LogP contribution is 2.26. The van der Waals surface area contributed by atoms with Crippen molar-refractivity contribution in [2.24, 2.45) is 4.99 Å². The van der Waals surface area contributed by atoms with E-state index in [9.17, 15) is 0 Å². The number of thiazole rings is 1. The Bertz CT molecular complexity index is 1150. The van der Waals surface area contributed by atoms with Crippen LogP contribution in [0.25, 0.3) is 11.3 Å². The first-order valence-electron chi connectivity index (χ1n) is 9.63. The highest BCUT2D eigenvalue weighted by molar-refractivity contribution is 7.07. The Balaban J connectivity index is 1.75. The van der Waals surface area contributed by atoms with Crippen LogP contribution in [-0.4, -0.2) is 14.1 Å². The fraction of sp³-hybridized carbons (Fsp3) is 0.217. The van der Waals surface area contributed by atoms with E-state index in [2.05, 4.69) is 57.6 Å². The molecule has 4 nitrogen and oxygen atoms in total. The first kappa shape index (κ1) is 19.7. The first-order valence-corrected chi connectivity index (χ1v) is 10.9. The van der Waals surface area contributed by atoms with E-state index in [1.807, 2.05) is 36.9 Å². The molecule has 0 unspecified atom stereocenters. The van der Waals surface area contributed by atoms with Crippen LogP contribution in [0.1, 0.15) is 17.5 Å². The van der Waals surface area contributed by atoms with Gasteiger partial charge in [-0.05, 0) is 43.5 Å². The molecule has 0 radical (unpaired) electrons. The molecular formula is C23H23ClN4S. The molecule has 2 heterocycles. The summed E-state index contributed by atoms with van der Waals surface area (Å²) in [6.07, 6.45) is 6.66. The van der Waals surface area contributed by atoms with Crippen LogP contribution >= 0.6 is 22.9 Å². The number of imidazole rings is 1. The maximum absolute atomic E-state index is 6.26. The van der Waals surface area contributed by atoms with Crippen LogP contribution in [0.5, 0.6) is 0 Å². The monoisotopic (exact) mass is 422 g/mol. The van der Waals surface area contributed by atoms with Crippen molar-refractivity contribution in [2.45, 2.75) is 33.4 Å². The SMILES string of the molecule is Cc1cccc(C)c1N=c1scc(-c2cccc(Cl)c2)n1CCCn1ccnc1. The van der Waals surface area contributed by atoms with Gasteiger partial charge in [-0.2, -0.15) is 0 Å². The van der Waals surface area contributed by atoms with E-state index in [4.69, 9.17) is 16.6 Å². The zero-order valence-corrected chi connectivity index (χ0v) is 18.1. The number of aromatic nitrogens is 3. The second kappa shape index (κ2) is 8.80. The number of aryl methyl sites for hydroxylation is 3. The van der Waals surface area contributed by atoms with Crippen LogP contribution in [0, 0.1) is 13.8 Å². The van der Waals surface area contributed by atoms with Crippen molar-refractivity contribution in [1.29, 1.82) is 0 Å². The molecular weight excluding hydrogens is 400 g/mol. The van der Waals surface area contributed by atoms with Crippen molar-refractivity contribution in [3.05, 3.63) is 87.5 Å². The normalized spacial score (nSPS) is 11.9. The maximum atomic E-state index is 6.26. The lowest BCUT2D eigenvalue weighted by Crippen LogP contribution is -2.17. The third-order valence-corrected chi connectivity index (χ3v) is 6.02. The quantitative estimate of drug-likeness (QED) is 0.375. The molecule has 2 aromatic carbocycles. The van der Waals surface area contributed by atoms with E-state index in [0.717, 1.165) is 46.3 Å². The molecule has 29 heavy (non-hydrogen) atoms. The predicted molar refractivity (Wildman–Crippen MR) is 121 cm³/mol. The molecule has 0 bridgehead atoms. The largest absolute Gasteiger partial charge is 0.337 e. The molecule has 0 aliphatic carbocycles. The van der Waals surface area contributed by atoms with Gasteiger partial charge in [0.1, 0.15) is 0 Å². The van der Waals surface area contributed by atoms with Crippen LogP contribution < -0.4 is 4.80 Å². The molecule has 0 saturated heterocycles. The summed E-state index contributed by atoms with van der Waals surface area (Å²) in [4.78, 5) is 10.2. The Hall–Kier alpha value is -2.63. The molecule has 2 aromatic heterocycles. The number of para-hydroxylation sites is 1. The van der Waals surface area contributed by atoms with Crippen molar-refractivity contribution in [3.8, 4) is 11.3 Å². The van der Waals surface area contributed by atoms with Gasteiger partial charge in [0.05, 0.1) is 17.7 Å². The van der Waals surface area contributed by atoms with Gasteiger partial charge in [0.2, 0.25) is 0 Å². The van der Waals surface area contributed by atoms with Crippen molar-refractivity contribution in [1.82, 2.24) is 14.1 Å². The number of hydrogen-bond donors (Lipinski definition) is 0. The maximum Gasteiger partial charge on any atom is 0.190 e. The topological polar surface area (TPSA) is 35.1 Å². The number of hydrogen-bond acceptors (Lipinski definition) is 3. The van der Waals surface area contributed by atoms with Gasteiger partial charge in [0.15, 0.2) is 4.80 Å². The summed E-state index contributed by atoms with van der Waals surface area (Å²) in [6.45, 7) is 6.01. The number of nitrogens with zero attached hydrogens (tertiary/aromatic N) is 4. The molecule has 0 fully saturated rings. The lowest BCUT2D eigenvalue weighted by Gasteiger charge is -2.11. The van der Waals surface area contributed by atoms with E-state index in [1.54, 1.807) is 11.3 Å². The summed E-state index contributed by atoms with van der Waals surface area (Å²) in [5.74, 6) is 0. The third-order valence-electron chi connectivity index (χ3n) is 4.92. The van der Waals surface area contributed by atoms with Gasteiger partial charge in [-0.3, -0.25) is 0 Å². The van der Waals surface area contributed by atoms with Gasteiger partial charge >= 0.3 is 0 Å². The molecule has 4 rings (SSSR count).